The Morgan fingerprint density at radius 1 is 0.914 bits per heavy atom. The molecule has 3 heterocycles. The number of methoxy groups -OCH3 is 1. The summed E-state index contributed by atoms with van der Waals surface area (Å²) in [6.07, 6.45) is 2.36. The van der Waals surface area contributed by atoms with Gasteiger partial charge in [-0.25, -0.2) is 4.98 Å². The molecule has 1 aliphatic rings. The second-order valence-corrected chi connectivity index (χ2v) is 9.22. The van der Waals surface area contributed by atoms with Gasteiger partial charge in [0.05, 0.1) is 35.9 Å². The lowest BCUT2D eigenvalue weighted by Gasteiger charge is -2.36. The molecule has 6 nitrogen and oxygen atoms in total. The van der Waals surface area contributed by atoms with Crippen molar-refractivity contribution in [2.75, 3.05) is 25.1 Å². The van der Waals surface area contributed by atoms with E-state index in [1.807, 2.05) is 42.6 Å². The highest BCUT2D eigenvalue weighted by Gasteiger charge is 2.22. The van der Waals surface area contributed by atoms with Crippen LogP contribution in [0.25, 0.3) is 44.5 Å². The number of H-pyrrole nitrogens is 1. The molecule has 6 heteroatoms. The highest BCUT2D eigenvalue weighted by atomic mass is 16.5. The van der Waals surface area contributed by atoms with E-state index in [9.17, 15) is 0 Å². The lowest BCUT2D eigenvalue weighted by molar-refractivity contribution is -0.00521. The number of nitrogens with one attached hydrogen (secondary N) is 1. The summed E-state index contributed by atoms with van der Waals surface area (Å²) in [4.78, 5) is 15.5. The van der Waals surface area contributed by atoms with Crippen molar-refractivity contribution >= 4 is 27.6 Å². The molecule has 176 valence electrons. The van der Waals surface area contributed by atoms with E-state index in [2.05, 4.69) is 54.1 Å². The topological polar surface area (TPSA) is 63.3 Å². The average molecular weight is 465 g/mol. The number of para-hydroxylation sites is 3. The van der Waals surface area contributed by atoms with E-state index in [1.54, 1.807) is 7.11 Å². The predicted molar refractivity (Wildman–Crippen MR) is 141 cm³/mol. The summed E-state index contributed by atoms with van der Waals surface area (Å²) in [6, 6.07) is 22.8. The monoisotopic (exact) mass is 464 g/mol. The summed E-state index contributed by atoms with van der Waals surface area (Å²) in [5, 5.41) is 0.961. The number of rotatable bonds is 4. The van der Waals surface area contributed by atoms with Crippen LogP contribution in [-0.4, -0.2) is 47.4 Å². The zero-order chi connectivity index (χ0) is 23.9. The first-order chi connectivity index (χ1) is 17.1. The van der Waals surface area contributed by atoms with Crippen LogP contribution in [0.15, 0.2) is 72.9 Å². The van der Waals surface area contributed by atoms with Crippen molar-refractivity contribution in [2.45, 2.75) is 26.1 Å². The van der Waals surface area contributed by atoms with Crippen LogP contribution in [0.4, 0.5) is 5.69 Å². The second-order valence-electron chi connectivity index (χ2n) is 9.22. The van der Waals surface area contributed by atoms with Crippen molar-refractivity contribution in [1.82, 2.24) is 15.0 Å². The van der Waals surface area contributed by atoms with Gasteiger partial charge in [0.2, 0.25) is 0 Å². The van der Waals surface area contributed by atoms with Gasteiger partial charge in [0.1, 0.15) is 11.6 Å². The maximum Gasteiger partial charge on any atom is 0.140 e. The first-order valence-corrected chi connectivity index (χ1v) is 12.0. The third-order valence-electron chi connectivity index (χ3n) is 6.66. The molecule has 0 unspecified atom stereocenters. The lowest BCUT2D eigenvalue weighted by atomic mass is 10.0. The van der Waals surface area contributed by atoms with Crippen LogP contribution in [0.5, 0.6) is 5.75 Å². The predicted octanol–water partition coefficient (Wildman–Crippen LogP) is 6.07. The minimum atomic E-state index is 0.226. The van der Waals surface area contributed by atoms with Crippen molar-refractivity contribution in [3.8, 4) is 28.3 Å². The second kappa shape index (κ2) is 8.71. The molecule has 2 aromatic heterocycles. The zero-order valence-electron chi connectivity index (χ0n) is 20.2. The third-order valence-corrected chi connectivity index (χ3v) is 6.66. The van der Waals surface area contributed by atoms with E-state index in [1.165, 1.54) is 5.69 Å². The van der Waals surface area contributed by atoms with Gasteiger partial charge in [0.15, 0.2) is 0 Å². The number of fused-ring (bicyclic) bond motifs is 2. The molecule has 1 fully saturated rings. The van der Waals surface area contributed by atoms with Gasteiger partial charge in [-0.3, -0.25) is 4.98 Å². The highest BCUT2D eigenvalue weighted by Crippen LogP contribution is 2.39. The van der Waals surface area contributed by atoms with E-state index in [0.717, 1.165) is 63.3 Å². The van der Waals surface area contributed by atoms with Crippen LogP contribution in [-0.2, 0) is 4.74 Å². The first-order valence-electron chi connectivity index (χ1n) is 12.0. The number of benzene rings is 3. The van der Waals surface area contributed by atoms with Gasteiger partial charge in [0, 0.05) is 41.5 Å². The molecule has 0 aliphatic carbocycles. The van der Waals surface area contributed by atoms with Crippen LogP contribution in [0, 0.1) is 0 Å². The Labute approximate surface area is 204 Å². The standard InChI is InChI=1S/C29H28N4O2/c1-18-16-33(17-19(2)35-18)21-13-11-20(12-14-21)24-15-30-27-22(28(24)34-3)7-6-8-23(27)29-31-25-9-4-5-10-26(25)32-29/h4-15,18-19H,16-17H2,1-3H3,(H,31,32)/t18-,19+. The van der Waals surface area contributed by atoms with Gasteiger partial charge < -0.3 is 19.4 Å². The smallest absolute Gasteiger partial charge is 0.140 e. The van der Waals surface area contributed by atoms with Crippen LogP contribution >= 0.6 is 0 Å². The number of imidazole rings is 1. The maximum atomic E-state index is 5.94. The lowest BCUT2D eigenvalue weighted by Crippen LogP contribution is -2.45. The number of hydrogen-bond acceptors (Lipinski definition) is 5. The van der Waals surface area contributed by atoms with E-state index in [-0.39, 0.29) is 12.2 Å². The summed E-state index contributed by atoms with van der Waals surface area (Å²) < 4.78 is 11.8. The van der Waals surface area contributed by atoms with Gasteiger partial charge in [-0.05, 0) is 55.8 Å². The maximum absolute atomic E-state index is 5.94. The van der Waals surface area contributed by atoms with Crippen molar-refractivity contribution < 1.29 is 9.47 Å². The molecule has 0 spiro atoms. The fourth-order valence-electron chi connectivity index (χ4n) is 5.14. The van der Waals surface area contributed by atoms with Gasteiger partial charge >= 0.3 is 0 Å². The Balaban J connectivity index is 1.39. The Morgan fingerprint density at radius 2 is 1.69 bits per heavy atom. The Hall–Kier alpha value is -3.90. The number of ether oxygens (including phenoxy) is 2. The van der Waals surface area contributed by atoms with Gasteiger partial charge in [-0.2, -0.15) is 0 Å². The molecule has 1 aliphatic heterocycles. The van der Waals surface area contributed by atoms with Gasteiger partial charge in [-0.1, -0.05) is 30.3 Å². The van der Waals surface area contributed by atoms with Crippen molar-refractivity contribution in [2.24, 2.45) is 0 Å². The fourth-order valence-corrected chi connectivity index (χ4v) is 5.14. The summed E-state index contributed by atoms with van der Waals surface area (Å²) in [7, 11) is 1.72. The summed E-state index contributed by atoms with van der Waals surface area (Å²) in [6.45, 7) is 6.05. The molecular weight excluding hydrogens is 436 g/mol. The van der Waals surface area contributed by atoms with Crippen LogP contribution in [0.1, 0.15) is 13.8 Å². The SMILES string of the molecule is COc1c(-c2ccc(N3C[C@@H](C)O[C@@H](C)C3)cc2)cnc2c(-c3nc4ccccc4[nH]3)cccc12. The molecule has 35 heavy (non-hydrogen) atoms. The molecule has 0 amide bonds. The number of nitrogens with zero attached hydrogens (tertiary/aromatic N) is 3. The van der Waals surface area contributed by atoms with E-state index < -0.39 is 0 Å². The van der Waals surface area contributed by atoms with Crippen molar-refractivity contribution in [3.63, 3.8) is 0 Å². The molecule has 2 atom stereocenters. The number of aromatic nitrogens is 3. The Bertz CT molecular complexity index is 1470. The van der Waals surface area contributed by atoms with Gasteiger partial charge in [0.25, 0.3) is 0 Å². The molecule has 0 radical (unpaired) electrons. The van der Waals surface area contributed by atoms with Crippen LogP contribution < -0.4 is 9.64 Å². The first kappa shape index (κ1) is 21.6. The van der Waals surface area contributed by atoms with E-state index in [4.69, 9.17) is 19.4 Å². The molecule has 0 bridgehead atoms. The molecular formula is C29H28N4O2. The highest BCUT2D eigenvalue weighted by molar-refractivity contribution is 6.00. The Morgan fingerprint density at radius 3 is 2.43 bits per heavy atom. The number of anilines is 1. The van der Waals surface area contributed by atoms with E-state index in [0.29, 0.717) is 0 Å². The van der Waals surface area contributed by atoms with Crippen molar-refractivity contribution in [3.05, 3.63) is 72.9 Å². The molecule has 3 aromatic carbocycles. The molecule has 0 saturated carbocycles. The van der Waals surface area contributed by atoms with E-state index >= 15 is 0 Å². The normalized spacial score (nSPS) is 18.3. The van der Waals surface area contributed by atoms with Gasteiger partial charge in [-0.15, -0.1) is 0 Å². The largest absolute Gasteiger partial charge is 0.495 e. The minimum Gasteiger partial charge on any atom is -0.495 e. The number of aromatic amines is 1. The average Bonchev–Trinajstić information content (AvgIpc) is 3.31. The summed E-state index contributed by atoms with van der Waals surface area (Å²) >= 11 is 0. The fraction of sp³-hybridized carbons (Fsp3) is 0.241. The number of pyridine rings is 1. The molecule has 1 N–H and O–H groups in total. The third kappa shape index (κ3) is 3.90. The summed E-state index contributed by atoms with van der Waals surface area (Å²) in [5.74, 6) is 1.62. The molecule has 6 rings (SSSR count). The van der Waals surface area contributed by atoms with Crippen LogP contribution in [0.3, 0.4) is 0 Å². The van der Waals surface area contributed by atoms with Crippen LogP contribution in [0.2, 0.25) is 0 Å². The van der Waals surface area contributed by atoms with Crippen molar-refractivity contribution in [1.29, 1.82) is 0 Å². The molecule has 5 aromatic rings. The molecule has 1 saturated heterocycles. The Kier molecular flexibility index (Phi) is 5.38. The quantitative estimate of drug-likeness (QED) is 0.350. The number of morpholine rings is 1. The zero-order valence-corrected chi connectivity index (χ0v) is 20.2. The minimum absolute atomic E-state index is 0.226. The number of hydrogen-bond donors (Lipinski definition) is 1. The summed E-state index contributed by atoms with van der Waals surface area (Å²) in [5.41, 5.74) is 7.00.